The van der Waals surface area contributed by atoms with Crippen molar-refractivity contribution in [2.24, 2.45) is 0 Å². The molecular weight excluding hydrogens is 248 g/mol. The summed E-state index contributed by atoms with van der Waals surface area (Å²) in [6, 6.07) is 9.28. The van der Waals surface area contributed by atoms with Crippen LogP contribution >= 0.6 is 11.6 Å². The fourth-order valence-corrected chi connectivity index (χ4v) is 2.76. The van der Waals surface area contributed by atoms with Gasteiger partial charge in [-0.3, -0.25) is 9.78 Å². The van der Waals surface area contributed by atoms with Gasteiger partial charge in [0.05, 0.1) is 16.1 Å². The molecule has 3 nitrogen and oxygen atoms in total. The Morgan fingerprint density at radius 3 is 2.94 bits per heavy atom. The van der Waals surface area contributed by atoms with Crippen LogP contribution in [-0.2, 0) is 0 Å². The molecular formula is C14H7ClN2O. The van der Waals surface area contributed by atoms with Crippen molar-refractivity contribution >= 4 is 38.9 Å². The summed E-state index contributed by atoms with van der Waals surface area (Å²) < 4.78 is 1.84. The SMILES string of the molecule is O=c1c2nccc3ccc(Cl)c(c32)n2cccc12. The van der Waals surface area contributed by atoms with E-state index in [-0.39, 0.29) is 5.43 Å². The van der Waals surface area contributed by atoms with Crippen LogP contribution in [0.25, 0.3) is 27.3 Å². The summed E-state index contributed by atoms with van der Waals surface area (Å²) in [5, 5.41) is 2.44. The molecule has 0 saturated carbocycles. The number of pyridine rings is 2. The summed E-state index contributed by atoms with van der Waals surface area (Å²) in [5.74, 6) is 0. The van der Waals surface area contributed by atoms with E-state index in [0.717, 1.165) is 16.3 Å². The Morgan fingerprint density at radius 2 is 2.06 bits per heavy atom. The van der Waals surface area contributed by atoms with E-state index < -0.39 is 0 Å². The van der Waals surface area contributed by atoms with Gasteiger partial charge in [-0.1, -0.05) is 17.7 Å². The third-order valence-corrected chi connectivity index (χ3v) is 3.60. The fourth-order valence-electron chi connectivity index (χ4n) is 2.52. The number of hydrogen-bond donors (Lipinski definition) is 0. The molecule has 18 heavy (non-hydrogen) atoms. The molecule has 0 amide bonds. The number of fused-ring (bicyclic) bond motifs is 2. The Bertz CT molecular complexity index is 958. The van der Waals surface area contributed by atoms with Gasteiger partial charge in [0.25, 0.3) is 0 Å². The second kappa shape index (κ2) is 3.21. The monoisotopic (exact) mass is 254 g/mol. The van der Waals surface area contributed by atoms with Gasteiger partial charge in [0, 0.05) is 17.8 Å². The van der Waals surface area contributed by atoms with Gasteiger partial charge in [-0.25, -0.2) is 0 Å². The first-order valence-corrected chi connectivity index (χ1v) is 5.95. The standard InChI is InChI=1S/C14H7ClN2O/c15-9-4-3-8-5-6-16-12-11(8)13(9)17-7-1-2-10(17)14(12)18/h1-7H. The quantitative estimate of drug-likeness (QED) is 0.483. The Kier molecular flexibility index (Phi) is 1.76. The van der Waals surface area contributed by atoms with E-state index in [0.29, 0.717) is 16.1 Å². The summed E-state index contributed by atoms with van der Waals surface area (Å²) in [4.78, 5) is 16.6. The molecule has 0 N–H and O–H groups in total. The zero-order chi connectivity index (χ0) is 12.3. The Labute approximate surface area is 107 Å². The molecule has 0 fully saturated rings. The lowest BCUT2D eigenvalue weighted by atomic mass is 10.1. The number of rotatable bonds is 0. The van der Waals surface area contributed by atoms with E-state index in [1.165, 1.54) is 0 Å². The maximum atomic E-state index is 12.3. The smallest absolute Gasteiger partial charge is 0.228 e. The lowest BCUT2D eigenvalue weighted by Crippen LogP contribution is -2.08. The molecule has 3 aromatic heterocycles. The maximum absolute atomic E-state index is 12.3. The van der Waals surface area contributed by atoms with Crippen molar-refractivity contribution in [2.45, 2.75) is 0 Å². The molecule has 86 valence electrons. The van der Waals surface area contributed by atoms with E-state index in [1.807, 2.05) is 34.9 Å². The summed E-state index contributed by atoms with van der Waals surface area (Å²) in [7, 11) is 0. The molecule has 0 unspecified atom stereocenters. The topological polar surface area (TPSA) is 34.4 Å². The van der Waals surface area contributed by atoms with Gasteiger partial charge in [-0.15, -0.1) is 0 Å². The van der Waals surface area contributed by atoms with Crippen molar-refractivity contribution in [1.29, 1.82) is 0 Å². The number of benzene rings is 1. The average Bonchev–Trinajstić information content (AvgIpc) is 2.86. The summed E-state index contributed by atoms with van der Waals surface area (Å²) in [6.45, 7) is 0. The Hall–Kier alpha value is -2.13. The maximum Gasteiger partial charge on any atom is 0.228 e. The van der Waals surface area contributed by atoms with Gasteiger partial charge >= 0.3 is 0 Å². The predicted molar refractivity (Wildman–Crippen MR) is 72.7 cm³/mol. The summed E-state index contributed by atoms with van der Waals surface area (Å²) >= 11 is 6.28. The predicted octanol–water partition coefficient (Wildman–Crippen LogP) is 3.09. The Balaban J connectivity index is 2.57. The fraction of sp³-hybridized carbons (Fsp3) is 0. The van der Waals surface area contributed by atoms with Crippen LogP contribution in [0.1, 0.15) is 0 Å². The van der Waals surface area contributed by atoms with Crippen molar-refractivity contribution in [3.63, 3.8) is 0 Å². The van der Waals surface area contributed by atoms with E-state index in [1.54, 1.807) is 12.3 Å². The molecule has 0 aliphatic heterocycles. The van der Waals surface area contributed by atoms with Crippen molar-refractivity contribution in [2.75, 3.05) is 0 Å². The third kappa shape index (κ3) is 1.05. The molecule has 0 atom stereocenters. The first-order chi connectivity index (χ1) is 8.77. The minimum Gasteiger partial charge on any atom is -0.311 e. The van der Waals surface area contributed by atoms with Crippen molar-refractivity contribution in [3.05, 3.63) is 58.0 Å². The first-order valence-electron chi connectivity index (χ1n) is 5.57. The third-order valence-electron chi connectivity index (χ3n) is 3.29. The van der Waals surface area contributed by atoms with E-state index in [4.69, 9.17) is 11.6 Å². The number of hydrogen-bond acceptors (Lipinski definition) is 2. The average molecular weight is 255 g/mol. The highest BCUT2D eigenvalue weighted by molar-refractivity contribution is 6.36. The molecule has 4 rings (SSSR count). The largest absolute Gasteiger partial charge is 0.311 e. The molecule has 1 aromatic carbocycles. The summed E-state index contributed by atoms with van der Waals surface area (Å²) in [6.07, 6.45) is 3.51. The first kappa shape index (κ1) is 9.85. The van der Waals surface area contributed by atoms with Gasteiger partial charge in [0.15, 0.2) is 0 Å². The van der Waals surface area contributed by atoms with Gasteiger partial charge < -0.3 is 4.40 Å². The van der Waals surface area contributed by atoms with Gasteiger partial charge in [-0.05, 0) is 29.7 Å². The van der Waals surface area contributed by atoms with Crippen LogP contribution in [-0.4, -0.2) is 9.38 Å². The minimum absolute atomic E-state index is 0.0552. The number of halogens is 1. The van der Waals surface area contributed by atoms with Crippen molar-refractivity contribution in [3.8, 4) is 0 Å². The van der Waals surface area contributed by atoms with Crippen LogP contribution in [0.15, 0.2) is 47.5 Å². The van der Waals surface area contributed by atoms with E-state index in [9.17, 15) is 4.79 Å². The molecule has 0 spiro atoms. The number of nitrogens with zero attached hydrogens (tertiary/aromatic N) is 2. The van der Waals surface area contributed by atoms with Crippen LogP contribution in [0.2, 0.25) is 5.02 Å². The van der Waals surface area contributed by atoms with Crippen LogP contribution < -0.4 is 5.43 Å². The summed E-state index contributed by atoms with van der Waals surface area (Å²) in [5.41, 5.74) is 1.88. The van der Waals surface area contributed by atoms with Gasteiger partial charge in [0.2, 0.25) is 5.43 Å². The zero-order valence-corrected chi connectivity index (χ0v) is 9.98. The minimum atomic E-state index is -0.0552. The lowest BCUT2D eigenvalue weighted by molar-refractivity contribution is 1.25. The lowest BCUT2D eigenvalue weighted by Gasteiger charge is -2.08. The molecule has 0 aliphatic carbocycles. The molecule has 0 aliphatic rings. The molecule has 0 bridgehead atoms. The van der Waals surface area contributed by atoms with Gasteiger partial charge in [-0.2, -0.15) is 0 Å². The van der Waals surface area contributed by atoms with Crippen LogP contribution in [0.3, 0.4) is 0 Å². The highest BCUT2D eigenvalue weighted by atomic mass is 35.5. The van der Waals surface area contributed by atoms with Crippen LogP contribution in [0.4, 0.5) is 0 Å². The van der Waals surface area contributed by atoms with Crippen LogP contribution in [0.5, 0.6) is 0 Å². The second-order valence-corrected chi connectivity index (χ2v) is 4.65. The second-order valence-electron chi connectivity index (χ2n) is 4.25. The zero-order valence-electron chi connectivity index (χ0n) is 9.22. The molecule has 4 aromatic rings. The molecule has 0 radical (unpaired) electrons. The van der Waals surface area contributed by atoms with Crippen LogP contribution in [0, 0.1) is 0 Å². The van der Waals surface area contributed by atoms with E-state index in [2.05, 4.69) is 4.98 Å². The van der Waals surface area contributed by atoms with Gasteiger partial charge in [0.1, 0.15) is 5.52 Å². The van der Waals surface area contributed by atoms with Crippen molar-refractivity contribution in [1.82, 2.24) is 9.38 Å². The molecule has 0 saturated heterocycles. The molecule has 4 heteroatoms. The molecule has 3 heterocycles. The Morgan fingerprint density at radius 1 is 1.17 bits per heavy atom. The highest BCUT2D eigenvalue weighted by Crippen LogP contribution is 2.30. The normalized spacial score (nSPS) is 11.8. The van der Waals surface area contributed by atoms with E-state index >= 15 is 0 Å². The highest BCUT2D eigenvalue weighted by Gasteiger charge is 2.14. The number of aromatic nitrogens is 2. The van der Waals surface area contributed by atoms with Crippen molar-refractivity contribution < 1.29 is 0 Å².